The average Bonchev–Trinajstić information content (AvgIpc) is 2.78. The van der Waals surface area contributed by atoms with Gasteiger partial charge >= 0.3 is 6.43 Å². The van der Waals surface area contributed by atoms with Gasteiger partial charge in [0.25, 0.3) is 5.89 Å². The zero-order valence-corrected chi connectivity index (χ0v) is 8.99. The molecular formula is C9H14F2N4O. The number of nitrogens with one attached hydrogen (secondary N) is 1. The molecule has 1 aliphatic heterocycles. The lowest BCUT2D eigenvalue weighted by Gasteiger charge is -2.30. The molecule has 1 saturated heterocycles. The van der Waals surface area contributed by atoms with Crippen molar-refractivity contribution < 1.29 is 13.3 Å². The van der Waals surface area contributed by atoms with Crippen LogP contribution in [0.4, 0.5) is 8.78 Å². The maximum absolute atomic E-state index is 12.3. The Morgan fingerprint density at radius 2 is 2.06 bits per heavy atom. The molecule has 0 spiro atoms. The third-order valence-electron chi connectivity index (χ3n) is 2.72. The molecule has 0 aliphatic carbocycles. The number of hydrogen-bond donors (Lipinski definition) is 1. The zero-order valence-electron chi connectivity index (χ0n) is 8.99. The van der Waals surface area contributed by atoms with E-state index in [1.807, 2.05) is 6.92 Å². The smallest absolute Gasteiger partial charge is 0.315 e. The Morgan fingerprint density at radius 1 is 1.38 bits per heavy atom. The first kappa shape index (κ1) is 11.4. The van der Waals surface area contributed by atoms with Gasteiger partial charge in [0.15, 0.2) is 5.82 Å². The lowest BCUT2D eigenvalue weighted by molar-refractivity contribution is 0.106. The highest BCUT2D eigenvalue weighted by molar-refractivity contribution is 4.94. The molecule has 1 aliphatic rings. The minimum Gasteiger partial charge on any atom is -0.333 e. The van der Waals surface area contributed by atoms with Crippen molar-refractivity contribution in [3.63, 3.8) is 0 Å². The van der Waals surface area contributed by atoms with Gasteiger partial charge in [-0.15, -0.1) is 0 Å². The predicted molar refractivity (Wildman–Crippen MR) is 52.1 cm³/mol. The number of nitrogens with zero attached hydrogens (tertiary/aromatic N) is 3. The normalized spacial score (nSPS) is 20.2. The summed E-state index contributed by atoms with van der Waals surface area (Å²) in [4.78, 5) is 5.83. The van der Waals surface area contributed by atoms with Crippen molar-refractivity contribution in [2.75, 3.05) is 26.2 Å². The Hall–Kier alpha value is -1.08. The lowest BCUT2D eigenvalue weighted by Crippen LogP contribution is -2.44. The number of hydrogen-bond acceptors (Lipinski definition) is 5. The molecule has 0 radical (unpaired) electrons. The Bertz CT molecular complexity index is 338. The lowest BCUT2D eigenvalue weighted by atomic mass is 10.2. The summed E-state index contributed by atoms with van der Waals surface area (Å²) in [6.45, 7) is 5.40. The molecule has 16 heavy (non-hydrogen) atoms. The van der Waals surface area contributed by atoms with Crippen LogP contribution in [0.3, 0.4) is 0 Å². The van der Waals surface area contributed by atoms with E-state index < -0.39 is 12.3 Å². The summed E-state index contributed by atoms with van der Waals surface area (Å²) in [6, 6.07) is -0.0849. The second-order valence-electron chi connectivity index (χ2n) is 3.75. The minimum absolute atomic E-state index is 0.0849. The van der Waals surface area contributed by atoms with Crippen LogP contribution >= 0.6 is 0 Å². The summed E-state index contributed by atoms with van der Waals surface area (Å²) in [5.41, 5.74) is 0. The molecule has 1 unspecified atom stereocenters. The second kappa shape index (κ2) is 4.84. The summed E-state index contributed by atoms with van der Waals surface area (Å²) in [6.07, 6.45) is -2.70. The number of aromatic nitrogens is 2. The summed E-state index contributed by atoms with van der Waals surface area (Å²) >= 11 is 0. The van der Waals surface area contributed by atoms with Gasteiger partial charge in [-0.1, -0.05) is 5.16 Å². The van der Waals surface area contributed by atoms with Gasteiger partial charge in [-0.25, -0.2) is 0 Å². The molecule has 1 N–H and O–H groups in total. The molecular weight excluding hydrogens is 218 g/mol. The Kier molecular flexibility index (Phi) is 3.45. The van der Waals surface area contributed by atoms with E-state index in [2.05, 4.69) is 24.9 Å². The molecule has 0 amide bonds. The quantitative estimate of drug-likeness (QED) is 0.841. The van der Waals surface area contributed by atoms with Crippen molar-refractivity contribution in [2.45, 2.75) is 19.4 Å². The van der Waals surface area contributed by atoms with Crippen LogP contribution in [0.2, 0.25) is 0 Å². The Labute approximate surface area is 91.8 Å². The molecule has 0 bridgehead atoms. The fourth-order valence-electron chi connectivity index (χ4n) is 1.74. The molecule has 5 nitrogen and oxygen atoms in total. The fraction of sp³-hybridized carbons (Fsp3) is 0.778. The molecule has 7 heteroatoms. The molecule has 1 atom stereocenters. The largest absolute Gasteiger partial charge is 0.333 e. The molecule has 2 heterocycles. The van der Waals surface area contributed by atoms with Crippen molar-refractivity contribution in [3.05, 3.63) is 11.7 Å². The van der Waals surface area contributed by atoms with E-state index in [-0.39, 0.29) is 6.04 Å². The average molecular weight is 232 g/mol. The van der Waals surface area contributed by atoms with Crippen molar-refractivity contribution in [2.24, 2.45) is 0 Å². The topological polar surface area (TPSA) is 54.2 Å². The monoisotopic (exact) mass is 232 g/mol. The zero-order chi connectivity index (χ0) is 11.5. The molecule has 1 fully saturated rings. The van der Waals surface area contributed by atoms with Crippen LogP contribution in [-0.2, 0) is 0 Å². The van der Waals surface area contributed by atoms with Crippen LogP contribution in [0.15, 0.2) is 4.52 Å². The molecule has 1 aromatic rings. The van der Waals surface area contributed by atoms with Gasteiger partial charge in [-0.2, -0.15) is 13.8 Å². The third kappa shape index (κ3) is 2.35. The van der Waals surface area contributed by atoms with Gasteiger partial charge in [0.05, 0.1) is 6.04 Å². The van der Waals surface area contributed by atoms with E-state index in [9.17, 15) is 8.78 Å². The first-order valence-corrected chi connectivity index (χ1v) is 5.25. The molecule has 1 aromatic heterocycles. The van der Waals surface area contributed by atoms with E-state index in [1.54, 1.807) is 0 Å². The van der Waals surface area contributed by atoms with Gasteiger partial charge < -0.3 is 9.84 Å². The molecule has 90 valence electrons. The van der Waals surface area contributed by atoms with E-state index in [0.29, 0.717) is 5.82 Å². The molecule has 0 aromatic carbocycles. The van der Waals surface area contributed by atoms with Crippen molar-refractivity contribution in [1.29, 1.82) is 0 Å². The van der Waals surface area contributed by atoms with Crippen LogP contribution < -0.4 is 5.32 Å². The van der Waals surface area contributed by atoms with E-state index >= 15 is 0 Å². The van der Waals surface area contributed by atoms with Crippen molar-refractivity contribution in [1.82, 2.24) is 20.4 Å². The van der Waals surface area contributed by atoms with Gasteiger partial charge in [0.1, 0.15) is 0 Å². The van der Waals surface area contributed by atoms with Crippen LogP contribution in [-0.4, -0.2) is 41.2 Å². The highest BCUT2D eigenvalue weighted by Gasteiger charge is 2.24. The van der Waals surface area contributed by atoms with E-state index in [1.165, 1.54) is 0 Å². The first-order chi connectivity index (χ1) is 7.68. The van der Waals surface area contributed by atoms with Gasteiger partial charge in [0.2, 0.25) is 0 Å². The first-order valence-electron chi connectivity index (χ1n) is 5.25. The fourth-order valence-corrected chi connectivity index (χ4v) is 1.74. The van der Waals surface area contributed by atoms with Crippen molar-refractivity contribution >= 4 is 0 Å². The van der Waals surface area contributed by atoms with E-state index in [0.717, 1.165) is 26.2 Å². The maximum atomic E-state index is 12.3. The number of alkyl halides is 2. The Balaban J connectivity index is 2.04. The van der Waals surface area contributed by atoms with Crippen LogP contribution in [0.25, 0.3) is 0 Å². The molecule has 2 rings (SSSR count). The second-order valence-corrected chi connectivity index (χ2v) is 3.75. The highest BCUT2D eigenvalue weighted by atomic mass is 19.3. The van der Waals surface area contributed by atoms with Crippen LogP contribution in [0.5, 0.6) is 0 Å². The number of piperazine rings is 1. The maximum Gasteiger partial charge on any atom is 0.315 e. The summed E-state index contributed by atoms with van der Waals surface area (Å²) in [5, 5.41) is 6.80. The van der Waals surface area contributed by atoms with Crippen LogP contribution in [0.1, 0.15) is 31.1 Å². The van der Waals surface area contributed by atoms with Gasteiger partial charge in [-0.3, -0.25) is 4.90 Å². The standard InChI is InChI=1S/C9H14F2N4O/c1-6(15-4-2-12-3-5-15)8-13-9(7(10)11)16-14-8/h6-7,12H,2-5H2,1H3. The minimum atomic E-state index is -2.70. The van der Waals surface area contributed by atoms with E-state index in [4.69, 9.17) is 0 Å². The highest BCUT2D eigenvalue weighted by Crippen LogP contribution is 2.21. The van der Waals surface area contributed by atoms with Crippen LogP contribution in [0, 0.1) is 0 Å². The molecule has 0 saturated carbocycles. The van der Waals surface area contributed by atoms with Crippen molar-refractivity contribution in [3.8, 4) is 0 Å². The summed E-state index contributed by atoms with van der Waals surface area (Å²) in [5.74, 6) is -0.269. The third-order valence-corrected chi connectivity index (χ3v) is 2.72. The predicted octanol–water partition coefficient (Wildman–Crippen LogP) is 0.973. The number of halogens is 2. The summed E-state index contributed by atoms with van der Waals surface area (Å²) < 4.78 is 29.0. The van der Waals surface area contributed by atoms with Gasteiger partial charge in [-0.05, 0) is 6.92 Å². The number of rotatable bonds is 3. The van der Waals surface area contributed by atoms with Gasteiger partial charge in [0, 0.05) is 26.2 Å². The summed E-state index contributed by atoms with van der Waals surface area (Å²) in [7, 11) is 0. The Morgan fingerprint density at radius 3 is 2.62 bits per heavy atom. The SMILES string of the molecule is CC(c1noc(C(F)F)n1)N1CCNCC1.